The van der Waals surface area contributed by atoms with Crippen molar-refractivity contribution in [3.05, 3.63) is 22.7 Å². The van der Waals surface area contributed by atoms with E-state index in [0.717, 1.165) is 12.1 Å². The number of guanidine groups is 1. The van der Waals surface area contributed by atoms with Crippen molar-refractivity contribution in [1.29, 1.82) is 0 Å². The van der Waals surface area contributed by atoms with E-state index < -0.39 is 38.8 Å². The molecule has 3 rings (SSSR count). The lowest BCUT2D eigenvalue weighted by Crippen LogP contribution is -2.45. The van der Waals surface area contributed by atoms with Gasteiger partial charge in [0.1, 0.15) is 5.69 Å². The Morgan fingerprint density at radius 2 is 2.10 bits per heavy atom. The molecule has 1 heterocycles. The zero-order valence-corrected chi connectivity index (χ0v) is 16.4. The fourth-order valence-corrected chi connectivity index (χ4v) is 4.29. The lowest BCUT2D eigenvalue weighted by Gasteiger charge is -2.18. The monoisotopic (exact) mass is 456 g/mol. The van der Waals surface area contributed by atoms with Crippen LogP contribution in [-0.2, 0) is 10.0 Å². The third-order valence-corrected chi connectivity index (χ3v) is 5.72. The number of nitrogens with one attached hydrogen (secondary N) is 4. The maximum absolute atomic E-state index is 12.7. The van der Waals surface area contributed by atoms with E-state index in [-0.39, 0.29) is 23.2 Å². The molecule has 1 amide bonds. The number of rotatable bonds is 6. The number of nitrogens with zero attached hydrogens (tertiary/aromatic N) is 2. The van der Waals surface area contributed by atoms with Crippen molar-refractivity contribution < 1.29 is 31.1 Å². The molecule has 0 saturated heterocycles. The summed E-state index contributed by atoms with van der Waals surface area (Å²) in [5, 5.41) is 6.86. The van der Waals surface area contributed by atoms with Crippen LogP contribution in [0.5, 0.6) is 5.75 Å². The summed E-state index contributed by atoms with van der Waals surface area (Å²) in [5.41, 5.74) is 3.96. The molecule has 1 aliphatic carbocycles. The summed E-state index contributed by atoms with van der Waals surface area (Å²) in [4.78, 5) is 12.5. The number of alkyl halides is 3. The van der Waals surface area contributed by atoms with Crippen LogP contribution in [0.1, 0.15) is 23.2 Å². The molecule has 0 aromatic heterocycles. The van der Waals surface area contributed by atoms with Gasteiger partial charge in [0.05, 0.1) is 16.3 Å². The SMILES string of the molecule is CN1NNN=C1NC(=O)c1ccc(OC(F)(F)F)c(NS(=O)(=O)CC2CC2)c1Cl. The molecule has 1 aromatic carbocycles. The number of carbonyl (C=O) groups excluding carboxylic acids is 1. The van der Waals surface area contributed by atoms with E-state index in [1.54, 1.807) is 0 Å². The number of carbonyl (C=O) groups is 1. The van der Waals surface area contributed by atoms with Gasteiger partial charge in [0, 0.05) is 7.05 Å². The van der Waals surface area contributed by atoms with Gasteiger partial charge in [0.25, 0.3) is 5.91 Å². The number of hydrogen-bond donors (Lipinski definition) is 4. The third-order valence-electron chi connectivity index (χ3n) is 3.91. The zero-order valence-electron chi connectivity index (χ0n) is 14.8. The van der Waals surface area contributed by atoms with E-state index in [9.17, 15) is 26.4 Å². The molecule has 1 saturated carbocycles. The number of ether oxygens (including phenoxy) is 1. The molecule has 0 atom stereocenters. The summed E-state index contributed by atoms with van der Waals surface area (Å²) in [6, 6.07) is 1.79. The Balaban J connectivity index is 1.93. The first-order valence-corrected chi connectivity index (χ1v) is 10.2. The first-order chi connectivity index (χ1) is 13.5. The van der Waals surface area contributed by atoms with Crippen LogP contribution in [0.2, 0.25) is 5.02 Å². The highest BCUT2D eigenvalue weighted by atomic mass is 35.5. The Morgan fingerprint density at radius 3 is 2.66 bits per heavy atom. The molecule has 4 N–H and O–H groups in total. The Kier molecular flexibility index (Phi) is 5.69. The largest absolute Gasteiger partial charge is 0.573 e. The molecule has 0 unspecified atom stereocenters. The maximum atomic E-state index is 12.7. The van der Waals surface area contributed by atoms with Gasteiger partial charge in [-0.2, -0.15) is 0 Å². The Labute approximate surface area is 168 Å². The van der Waals surface area contributed by atoms with Crippen LogP contribution in [0.4, 0.5) is 18.9 Å². The fourth-order valence-electron chi connectivity index (χ4n) is 2.39. The third kappa shape index (κ3) is 5.55. The van der Waals surface area contributed by atoms with Crippen LogP contribution < -0.4 is 25.8 Å². The van der Waals surface area contributed by atoms with Gasteiger partial charge < -0.3 is 4.74 Å². The minimum absolute atomic E-state index is 0.0533. The number of sulfonamides is 1. The van der Waals surface area contributed by atoms with Crippen molar-refractivity contribution in [3.8, 4) is 5.75 Å². The first-order valence-electron chi connectivity index (χ1n) is 8.17. The van der Waals surface area contributed by atoms with Crippen LogP contribution in [0.15, 0.2) is 17.2 Å². The topological polar surface area (TPSA) is 124 Å². The van der Waals surface area contributed by atoms with Crippen LogP contribution in [0.3, 0.4) is 0 Å². The van der Waals surface area contributed by atoms with Crippen LogP contribution in [0, 0.1) is 5.92 Å². The second-order valence-corrected chi connectivity index (χ2v) is 8.49. The molecule has 15 heteroatoms. The molecule has 1 aliphatic heterocycles. The second-order valence-electron chi connectivity index (χ2n) is 6.35. The lowest BCUT2D eigenvalue weighted by molar-refractivity contribution is -0.274. The van der Waals surface area contributed by atoms with Crippen molar-refractivity contribution in [2.75, 3.05) is 17.5 Å². The van der Waals surface area contributed by atoms with Crippen molar-refractivity contribution in [2.24, 2.45) is 11.0 Å². The minimum Gasteiger partial charge on any atom is -0.403 e. The molecule has 0 radical (unpaired) electrons. The van der Waals surface area contributed by atoms with Crippen molar-refractivity contribution in [1.82, 2.24) is 21.4 Å². The normalized spacial score (nSPS) is 16.9. The average Bonchev–Trinajstić information content (AvgIpc) is 3.30. The smallest absolute Gasteiger partial charge is 0.403 e. The molecule has 0 bridgehead atoms. The van der Waals surface area contributed by atoms with E-state index >= 15 is 0 Å². The Bertz CT molecular complexity index is 951. The van der Waals surface area contributed by atoms with E-state index in [1.807, 2.05) is 4.72 Å². The number of hydrazine groups is 2. The molecule has 160 valence electrons. The van der Waals surface area contributed by atoms with Crippen LogP contribution in [0.25, 0.3) is 0 Å². The standard InChI is InChI=1S/C14H16ClF3N6O4S/c1-24-13(20-22-23-24)19-12(25)8-4-5-9(28-14(16,17)18)11(10(8)15)21-29(26,27)6-7-2-3-7/h4-5,7,21-23H,2-3,6H2,1H3,(H,19,20,25). The molecular formula is C14H16ClF3N6O4S. The second kappa shape index (κ2) is 7.76. The number of hydrazone groups is 1. The van der Waals surface area contributed by atoms with Gasteiger partial charge in [-0.15, -0.1) is 23.8 Å². The van der Waals surface area contributed by atoms with E-state index in [1.165, 1.54) is 12.1 Å². The summed E-state index contributed by atoms with van der Waals surface area (Å²) in [5.74, 6) is -1.99. The van der Waals surface area contributed by atoms with Crippen molar-refractivity contribution >= 4 is 39.2 Å². The predicted octanol–water partition coefficient (Wildman–Crippen LogP) is 1.35. The van der Waals surface area contributed by atoms with Gasteiger partial charge in [0.15, 0.2) is 5.75 Å². The minimum atomic E-state index is -5.09. The highest BCUT2D eigenvalue weighted by molar-refractivity contribution is 7.92. The van der Waals surface area contributed by atoms with Gasteiger partial charge in [-0.05, 0) is 30.9 Å². The molecule has 1 fully saturated rings. The van der Waals surface area contributed by atoms with Crippen LogP contribution >= 0.6 is 11.6 Å². The number of amides is 1. The summed E-state index contributed by atoms with van der Waals surface area (Å²) < 4.78 is 68.6. The molecule has 2 aliphatic rings. The maximum Gasteiger partial charge on any atom is 0.573 e. The van der Waals surface area contributed by atoms with Crippen molar-refractivity contribution in [2.45, 2.75) is 19.2 Å². The van der Waals surface area contributed by atoms with Gasteiger partial charge in [0.2, 0.25) is 16.0 Å². The van der Waals surface area contributed by atoms with Crippen LogP contribution in [-0.4, -0.2) is 44.5 Å². The van der Waals surface area contributed by atoms with E-state index in [2.05, 4.69) is 26.2 Å². The molecule has 29 heavy (non-hydrogen) atoms. The fraction of sp³-hybridized carbons (Fsp3) is 0.429. The summed E-state index contributed by atoms with van der Waals surface area (Å²) in [6.45, 7) is 0. The number of anilines is 1. The zero-order chi connectivity index (χ0) is 21.4. The highest BCUT2D eigenvalue weighted by Gasteiger charge is 2.35. The van der Waals surface area contributed by atoms with Gasteiger partial charge in [-0.25, -0.2) is 14.0 Å². The lowest BCUT2D eigenvalue weighted by atomic mass is 10.1. The number of halogens is 4. The van der Waals surface area contributed by atoms with E-state index in [4.69, 9.17) is 11.6 Å². The quantitative estimate of drug-likeness (QED) is 0.509. The molecular weight excluding hydrogens is 441 g/mol. The predicted molar refractivity (Wildman–Crippen MR) is 97.2 cm³/mol. The molecule has 0 spiro atoms. The first kappa shape index (κ1) is 21.3. The Hall–Kier alpha value is -2.45. The highest BCUT2D eigenvalue weighted by Crippen LogP contribution is 2.39. The number of benzene rings is 1. The Morgan fingerprint density at radius 1 is 1.41 bits per heavy atom. The van der Waals surface area contributed by atoms with Gasteiger partial charge in [-0.3, -0.25) is 19.8 Å². The molecule has 10 nitrogen and oxygen atoms in total. The summed E-state index contributed by atoms with van der Waals surface area (Å²) in [7, 11) is -2.48. The van der Waals surface area contributed by atoms with E-state index in [0.29, 0.717) is 12.8 Å². The average molecular weight is 457 g/mol. The van der Waals surface area contributed by atoms with Crippen molar-refractivity contribution in [3.63, 3.8) is 0 Å². The summed E-state index contributed by atoms with van der Waals surface area (Å²) >= 11 is 6.10. The summed E-state index contributed by atoms with van der Waals surface area (Å²) in [6.07, 6.45) is -3.68. The number of hydrogen-bond acceptors (Lipinski definition) is 8. The molecule has 1 aromatic rings. The van der Waals surface area contributed by atoms with Gasteiger partial charge >= 0.3 is 6.36 Å². The van der Waals surface area contributed by atoms with Gasteiger partial charge in [-0.1, -0.05) is 11.6 Å².